The summed E-state index contributed by atoms with van der Waals surface area (Å²) in [7, 11) is 1.78. The lowest BCUT2D eigenvalue weighted by Gasteiger charge is -2.26. The number of hydrogen-bond acceptors (Lipinski definition) is 15. The van der Waals surface area contributed by atoms with Gasteiger partial charge in [-0.3, -0.25) is 9.59 Å². The largest absolute Gasteiger partial charge is 0.385 e. The highest BCUT2D eigenvalue weighted by Gasteiger charge is 2.42. The van der Waals surface area contributed by atoms with Gasteiger partial charge in [0.15, 0.2) is 17.3 Å². The van der Waals surface area contributed by atoms with Gasteiger partial charge in [-0.2, -0.15) is 9.03 Å². The molecule has 10 heterocycles. The third-order valence-electron chi connectivity index (χ3n) is 12.1. The number of nitrogens with one attached hydrogen (secondary N) is 5. The maximum Gasteiger partial charge on any atom is 0.291 e. The average Bonchev–Trinajstić information content (AvgIpc) is 4.11. The molecule has 2 fully saturated rings. The molecule has 8 bridgehead atoms. The summed E-state index contributed by atoms with van der Waals surface area (Å²) in [6.07, 6.45) is 12.7. The number of carbonyl (C=O) groups excluding carboxylic acids is 2. The Morgan fingerprint density at radius 2 is 1.53 bits per heavy atom. The van der Waals surface area contributed by atoms with Gasteiger partial charge in [-0.15, -0.1) is 30.6 Å². The van der Waals surface area contributed by atoms with E-state index >= 15 is 0 Å². The maximum absolute atomic E-state index is 14.3. The average molecular weight is 808 g/mol. The zero-order valence-electron chi connectivity index (χ0n) is 32.1. The molecule has 5 N–H and O–H groups in total. The summed E-state index contributed by atoms with van der Waals surface area (Å²) >= 11 is 0. The highest BCUT2D eigenvalue weighted by atomic mass is 16.5. The predicted octanol–water partition coefficient (Wildman–Crippen LogP) is 3.14. The molecule has 2 aliphatic carbocycles. The van der Waals surface area contributed by atoms with Crippen LogP contribution in [0.25, 0.3) is 22.6 Å². The number of aromatic nitrogens is 12. The molecule has 0 saturated heterocycles. The van der Waals surface area contributed by atoms with Crippen molar-refractivity contribution in [3.8, 4) is 0 Å². The Hall–Kier alpha value is -7.26. The molecule has 1 unspecified atom stereocenters. The summed E-state index contributed by atoms with van der Waals surface area (Å²) in [6.45, 7) is 0.506. The Morgan fingerprint density at radius 1 is 0.750 bits per heavy atom. The number of imidazole rings is 2. The van der Waals surface area contributed by atoms with E-state index in [1.807, 2.05) is 47.4 Å². The second-order valence-corrected chi connectivity index (χ2v) is 15.7. The number of pyridine rings is 2. The summed E-state index contributed by atoms with van der Waals surface area (Å²) in [5.41, 5.74) is 7.08. The van der Waals surface area contributed by atoms with Crippen LogP contribution >= 0.6 is 0 Å². The van der Waals surface area contributed by atoms with Crippen LogP contribution in [0, 0.1) is 0 Å². The van der Waals surface area contributed by atoms with Crippen LogP contribution < -0.4 is 26.6 Å². The number of anilines is 5. The lowest BCUT2D eigenvalue weighted by atomic mass is 9.99. The monoisotopic (exact) mass is 807 g/mol. The van der Waals surface area contributed by atoms with Crippen LogP contribution in [0.4, 0.5) is 28.7 Å². The third-order valence-corrected chi connectivity index (χ3v) is 12.1. The van der Waals surface area contributed by atoms with Crippen molar-refractivity contribution in [3.63, 3.8) is 0 Å². The molecule has 60 heavy (non-hydrogen) atoms. The summed E-state index contributed by atoms with van der Waals surface area (Å²) < 4.78 is 20.3. The van der Waals surface area contributed by atoms with Gasteiger partial charge in [0.1, 0.15) is 11.3 Å². The lowest BCUT2D eigenvalue weighted by Crippen LogP contribution is -2.45. The quantitative estimate of drug-likeness (QED) is 0.169. The van der Waals surface area contributed by atoms with Gasteiger partial charge in [-0.1, -0.05) is 0 Å². The van der Waals surface area contributed by atoms with Crippen molar-refractivity contribution in [1.29, 1.82) is 0 Å². The van der Waals surface area contributed by atoms with Crippen molar-refractivity contribution >= 4 is 63.1 Å². The SMILES string of the molecule is CNc1cc2nn3c(nnc13)C(=O)N[C@@H]1CCC[C@H]1OCc1cc(cn3c(C4CC[C@H]5OCc6cc(cn7ccnc67)Nc6ccc7nnc(n7n6)C(=O)N[C@H]45)cnc13)N2. The van der Waals surface area contributed by atoms with Crippen LogP contribution in [0.3, 0.4) is 0 Å². The molecule has 21 heteroatoms. The van der Waals surface area contributed by atoms with E-state index in [2.05, 4.69) is 56.4 Å². The Bertz CT molecular complexity index is 3040. The Labute approximate surface area is 338 Å². The summed E-state index contributed by atoms with van der Waals surface area (Å²) in [6, 6.07) is 8.70. The number of nitrogens with zero attached hydrogens (tertiary/aromatic N) is 12. The van der Waals surface area contributed by atoms with Crippen LogP contribution in [-0.2, 0) is 22.7 Å². The molecule has 302 valence electrons. The maximum atomic E-state index is 14.3. The van der Waals surface area contributed by atoms with Crippen molar-refractivity contribution in [2.75, 3.05) is 23.0 Å². The molecular weight excluding hydrogens is 771 g/mol. The molecule has 21 nitrogen and oxygen atoms in total. The van der Waals surface area contributed by atoms with Crippen LogP contribution in [0.1, 0.15) is 76.1 Å². The van der Waals surface area contributed by atoms with E-state index in [1.165, 1.54) is 9.03 Å². The summed E-state index contributed by atoms with van der Waals surface area (Å²) in [4.78, 5) is 37.4. The fourth-order valence-corrected chi connectivity index (χ4v) is 9.27. The van der Waals surface area contributed by atoms with Gasteiger partial charge in [-0.25, -0.2) is 9.97 Å². The van der Waals surface area contributed by atoms with E-state index in [0.717, 1.165) is 47.4 Å². The first kappa shape index (κ1) is 34.8. The third kappa shape index (κ3) is 5.60. The molecule has 2 aliphatic heterocycles. The second kappa shape index (κ2) is 13.4. The zero-order valence-corrected chi connectivity index (χ0v) is 32.1. The second-order valence-electron chi connectivity index (χ2n) is 15.7. The summed E-state index contributed by atoms with van der Waals surface area (Å²) in [5, 5.41) is 42.9. The lowest BCUT2D eigenvalue weighted by molar-refractivity contribution is 0.0254. The van der Waals surface area contributed by atoms with Crippen LogP contribution in [0.5, 0.6) is 0 Å². The van der Waals surface area contributed by atoms with Crippen LogP contribution in [-0.4, -0.2) is 102 Å². The predicted molar refractivity (Wildman–Crippen MR) is 214 cm³/mol. The van der Waals surface area contributed by atoms with Crippen molar-refractivity contribution in [2.24, 2.45) is 0 Å². The topological polar surface area (TPSA) is 234 Å². The Morgan fingerprint density at radius 3 is 2.43 bits per heavy atom. The fourth-order valence-electron chi connectivity index (χ4n) is 9.27. The molecule has 2 saturated carbocycles. The van der Waals surface area contributed by atoms with E-state index in [-0.39, 0.29) is 54.9 Å². The van der Waals surface area contributed by atoms with Crippen molar-refractivity contribution in [1.82, 2.24) is 69.0 Å². The standard InChI is InChI=1S/C39H37N17O4/c1-40-25-13-30-44-22-12-20(18-59-27-4-2-3-24(27)45-38(57)37-50-48-35(25)56(37)52-30)34-42-14-26(54(34)16-22)23-5-6-28-32(23)46-39(58)36-49-47-31-8-7-29(51-55(31)36)43-21-11-19(17-60-28)33-41-9-10-53(33)15-21/h7-16,23-24,27-28,32,40H,2-6,17-18H2,1H3,(H,43,51)(H,44,52)(H,45,57)(H,46,58)/t23?,24-,27-,28-,32-/m1/s1. The molecule has 5 atom stereocenters. The molecule has 4 aliphatic rings. The minimum atomic E-state index is -0.487. The number of rotatable bonds is 2. The molecule has 8 aromatic rings. The molecular formula is C39H37N17O4. The van der Waals surface area contributed by atoms with E-state index < -0.39 is 11.9 Å². The minimum Gasteiger partial charge on any atom is -0.385 e. The van der Waals surface area contributed by atoms with Gasteiger partial charge in [0.25, 0.3) is 11.8 Å². The van der Waals surface area contributed by atoms with E-state index in [9.17, 15) is 9.59 Å². The number of hydrogen-bond donors (Lipinski definition) is 5. The summed E-state index contributed by atoms with van der Waals surface area (Å²) in [5.74, 6) is 0.0882. The van der Waals surface area contributed by atoms with E-state index in [0.29, 0.717) is 52.8 Å². The van der Waals surface area contributed by atoms with Crippen molar-refractivity contribution in [3.05, 3.63) is 89.8 Å². The van der Waals surface area contributed by atoms with Gasteiger partial charge in [0.2, 0.25) is 17.3 Å². The molecule has 0 spiro atoms. The van der Waals surface area contributed by atoms with Gasteiger partial charge in [0.05, 0.1) is 54.6 Å². The zero-order chi connectivity index (χ0) is 40.1. The molecule has 2 amide bonds. The first-order valence-electron chi connectivity index (χ1n) is 20.0. The number of fused-ring (bicyclic) bond motifs is 12. The fraction of sp³-hybridized carbons (Fsp3) is 0.333. The van der Waals surface area contributed by atoms with Gasteiger partial charge in [-0.05, 0) is 56.4 Å². The Kier molecular flexibility index (Phi) is 7.76. The molecule has 0 aromatic carbocycles. The first-order valence-corrected chi connectivity index (χ1v) is 20.0. The number of carbonyl (C=O) groups is 2. The molecule has 0 radical (unpaired) electrons. The van der Waals surface area contributed by atoms with Crippen molar-refractivity contribution in [2.45, 2.75) is 75.5 Å². The highest BCUT2D eigenvalue weighted by Crippen LogP contribution is 2.39. The van der Waals surface area contributed by atoms with E-state index in [4.69, 9.17) is 24.7 Å². The molecule has 12 rings (SSSR count). The normalized spacial score (nSPS) is 22.9. The van der Waals surface area contributed by atoms with Gasteiger partial charge < -0.3 is 44.9 Å². The first-order chi connectivity index (χ1) is 29.4. The highest BCUT2D eigenvalue weighted by molar-refractivity contribution is 5.92. The van der Waals surface area contributed by atoms with Gasteiger partial charge >= 0.3 is 0 Å². The number of amides is 2. The van der Waals surface area contributed by atoms with Crippen molar-refractivity contribution < 1.29 is 19.1 Å². The number of ether oxygens (including phenoxy) is 2. The van der Waals surface area contributed by atoms with Gasteiger partial charge in [0, 0.05) is 66.8 Å². The smallest absolute Gasteiger partial charge is 0.291 e. The van der Waals surface area contributed by atoms with E-state index in [1.54, 1.807) is 25.4 Å². The van der Waals surface area contributed by atoms with Crippen LogP contribution in [0.15, 0.2) is 61.3 Å². The minimum absolute atomic E-state index is 0.0566. The molecule has 8 aromatic heterocycles. The Balaban J connectivity index is 0.963. The van der Waals surface area contributed by atoms with Crippen LogP contribution in [0.2, 0.25) is 0 Å².